The van der Waals surface area contributed by atoms with Gasteiger partial charge in [-0.05, 0) is 69.0 Å². The summed E-state index contributed by atoms with van der Waals surface area (Å²) in [5, 5.41) is 21.2. The van der Waals surface area contributed by atoms with E-state index >= 15 is 0 Å². The third-order valence-electron chi connectivity index (χ3n) is 6.57. The van der Waals surface area contributed by atoms with Crippen molar-refractivity contribution in [2.24, 2.45) is 0 Å². The molecule has 0 saturated heterocycles. The van der Waals surface area contributed by atoms with Crippen molar-refractivity contribution in [1.29, 1.82) is 0 Å². The molecular weight excluding hydrogens is 451 g/mol. The molecule has 3 aromatic rings. The Morgan fingerprint density at radius 3 is 2.74 bits per heavy atom. The first-order valence-electron chi connectivity index (χ1n) is 11.7. The van der Waals surface area contributed by atoms with E-state index < -0.39 is 23.2 Å². The number of nitrogens with one attached hydrogen (secondary N) is 1. The van der Waals surface area contributed by atoms with Crippen LogP contribution in [0.15, 0.2) is 30.3 Å². The summed E-state index contributed by atoms with van der Waals surface area (Å²) >= 11 is 0. The van der Waals surface area contributed by atoms with Crippen LogP contribution in [0.3, 0.4) is 0 Å². The van der Waals surface area contributed by atoms with Gasteiger partial charge in [-0.1, -0.05) is 6.07 Å². The number of carbonyl (C=O) groups excluding carboxylic acids is 2. The largest absolute Gasteiger partial charge is 0.381 e. The Bertz CT molecular complexity index is 1330. The molecule has 0 aliphatic carbocycles. The van der Waals surface area contributed by atoms with E-state index in [1.165, 1.54) is 30.9 Å². The third kappa shape index (κ3) is 4.29. The number of pyridine rings is 1. The van der Waals surface area contributed by atoms with Crippen molar-refractivity contribution in [1.82, 2.24) is 24.6 Å². The molecule has 1 atom stereocenters. The molecule has 2 aromatic heterocycles. The first-order chi connectivity index (χ1) is 16.6. The topological polar surface area (TPSA) is 113 Å². The molecule has 0 bridgehead atoms. The van der Waals surface area contributed by atoms with Gasteiger partial charge in [0.2, 0.25) is 0 Å². The molecule has 5 rings (SSSR count). The molecular formula is C25H27FN6O3. The highest BCUT2D eigenvalue weighted by Crippen LogP contribution is 2.30. The minimum atomic E-state index is -1.50. The molecule has 2 N–H and O–H groups in total. The number of amides is 2. The Morgan fingerprint density at radius 2 is 1.97 bits per heavy atom. The van der Waals surface area contributed by atoms with Gasteiger partial charge >= 0.3 is 0 Å². The third-order valence-corrected chi connectivity index (χ3v) is 6.57. The number of halogens is 1. The summed E-state index contributed by atoms with van der Waals surface area (Å²) in [5.41, 5.74) is 0.354. The highest BCUT2D eigenvalue weighted by molar-refractivity contribution is 6.04. The molecule has 2 aliphatic rings. The maximum Gasteiger partial charge on any atom is 0.259 e. The zero-order valence-corrected chi connectivity index (χ0v) is 19.9. The van der Waals surface area contributed by atoms with Crippen LogP contribution in [0.1, 0.15) is 60.5 Å². The molecule has 10 heteroatoms. The quantitative estimate of drug-likeness (QED) is 0.596. The van der Waals surface area contributed by atoms with Crippen molar-refractivity contribution in [3.05, 3.63) is 58.7 Å². The summed E-state index contributed by atoms with van der Waals surface area (Å²) in [7, 11) is 0. The van der Waals surface area contributed by atoms with Crippen molar-refractivity contribution in [2.45, 2.75) is 58.2 Å². The maximum atomic E-state index is 14.8. The lowest BCUT2D eigenvalue weighted by Gasteiger charge is -2.33. The molecule has 182 valence electrons. The van der Waals surface area contributed by atoms with Crippen LogP contribution < -0.4 is 5.32 Å². The Morgan fingerprint density at radius 1 is 1.17 bits per heavy atom. The number of nitrogens with zero attached hydrogens (tertiary/aromatic N) is 5. The van der Waals surface area contributed by atoms with Crippen LogP contribution in [0.25, 0.3) is 11.5 Å². The van der Waals surface area contributed by atoms with Crippen LogP contribution in [-0.4, -0.2) is 53.7 Å². The van der Waals surface area contributed by atoms with Crippen molar-refractivity contribution in [2.75, 3.05) is 11.9 Å². The lowest BCUT2D eigenvalue weighted by molar-refractivity contribution is -0.148. The lowest BCUT2D eigenvalue weighted by atomic mass is 9.95. The molecule has 9 nitrogen and oxygen atoms in total. The number of aliphatic hydroxyl groups is 1. The van der Waals surface area contributed by atoms with E-state index in [0.29, 0.717) is 30.0 Å². The van der Waals surface area contributed by atoms with Gasteiger partial charge < -0.3 is 19.9 Å². The van der Waals surface area contributed by atoms with E-state index in [4.69, 9.17) is 0 Å². The number of rotatable bonds is 4. The molecule has 0 radical (unpaired) electrons. The number of benzene rings is 1. The Kier molecular flexibility index (Phi) is 5.63. The number of anilines is 1. The van der Waals surface area contributed by atoms with E-state index in [1.54, 1.807) is 18.2 Å². The summed E-state index contributed by atoms with van der Waals surface area (Å²) < 4.78 is 16.9. The van der Waals surface area contributed by atoms with Gasteiger partial charge in [0.25, 0.3) is 11.8 Å². The predicted molar refractivity (Wildman–Crippen MR) is 126 cm³/mol. The SMILES string of the molecule is C[C@@H]1CCc2nnc(-c3cccc(NC(=O)c4cc5c(cc4F)CCN(C(=O)C(C)(C)O)C5)n3)n21. The summed E-state index contributed by atoms with van der Waals surface area (Å²) in [4.78, 5) is 31.5. The molecule has 35 heavy (non-hydrogen) atoms. The Labute approximate surface area is 202 Å². The first kappa shape index (κ1) is 23.1. The number of carbonyl (C=O) groups is 2. The smallest absolute Gasteiger partial charge is 0.259 e. The van der Waals surface area contributed by atoms with Crippen LogP contribution in [-0.2, 0) is 24.2 Å². The highest BCUT2D eigenvalue weighted by Gasteiger charge is 2.32. The van der Waals surface area contributed by atoms with Gasteiger partial charge in [-0.2, -0.15) is 0 Å². The van der Waals surface area contributed by atoms with Gasteiger partial charge in [-0.15, -0.1) is 10.2 Å². The normalized spacial score (nSPS) is 17.2. The van der Waals surface area contributed by atoms with E-state index in [9.17, 15) is 19.1 Å². The molecule has 1 aromatic carbocycles. The van der Waals surface area contributed by atoms with Gasteiger partial charge in [0.15, 0.2) is 5.82 Å². The molecule has 0 saturated carbocycles. The van der Waals surface area contributed by atoms with Gasteiger partial charge in [0.1, 0.15) is 28.8 Å². The van der Waals surface area contributed by atoms with Crippen molar-refractivity contribution < 1.29 is 19.1 Å². The minimum Gasteiger partial charge on any atom is -0.381 e. The second-order valence-corrected chi connectivity index (χ2v) is 9.70. The summed E-state index contributed by atoms with van der Waals surface area (Å²) in [6.07, 6.45) is 2.30. The van der Waals surface area contributed by atoms with Gasteiger partial charge in [-0.25, -0.2) is 9.37 Å². The van der Waals surface area contributed by atoms with Crippen LogP contribution in [0.5, 0.6) is 0 Å². The fraction of sp³-hybridized carbons (Fsp3) is 0.400. The first-order valence-corrected chi connectivity index (χ1v) is 11.7. The van der Waals surface area contributed by atoms with E-state index in [2.05, 4.69) is 32.0 Å². The maximum absolute atomic E-state index is 14.8. The van der Waals surface area contributed by atoms with Crippen molar-refractivity contribution in [3.63, 3.8) is 0 Å². The average molecular weight is 479 g/mol. The molecule has 0 fully saturated rings. The lowest BCUT2D eigenvalue weighted by Crippen LogP contribution is -2.47. The van der Waals surface area contributed by atoms with E-state index in [1.807, 2.05) is 0 Å². The van der Waals surface area contributed by atoms with Crippen molar-refractivity contribution in [3.8, 4) is 11.5 Å². The molecule has 0 spiro atoms. The second kappa shape index (κ2) is 8.53. The minimum absolute atomic E-state index is 0.134. The summed E-state index contributed by atoms with van der Waals surface area (Å²) in [5.74, 6) is 0.138. The molecule has 2 aliphatic heterocycles. The van der Waals surface area contributed by atoms with Crippen molar-refractivity contribution >= 4 is 17.6 Å². The number of hydrogen-bond acceptors (Lipinski definition) is 6. The fourth-order valence-electron chi connectivity index (χ4n) is 4.73. The fourth-order valence-corrected chi connectivity index (χ4v) is 4.73. The van der Waals surface area contributed by atoms with E-state index in [0.717, 1.165) is 24.2 Å². The summed E-state index contributed by atoms with van der Waals surface area (Å²) in [6.45, 7) is 5.54. The molecule has 4 heterocycles. The Balaban J connectivity index is 1.38. The second-order valence-electron chi connectivity index (χ2n) is 9.70. The standard InChI is InChI=1S/C25H27FN6O3/c1-14-7-8-21-29-30-22(32(14)21)19-5-4-6-20(27-19)28-23(33)17-11-16-13-31(24(34)25(2,3)35)10-9-15(16)12-18(17)26/h4-6,11-12,14,35H,7-10,13H2,1-3H3,(H,27,28,33)/t14-/m1/s1. The average Bonchev–Trinajstić information content (AvgIpc) is 3.40. The zero-order chi connectivity index (χ0) is 24.9. The van der Waals surface area contributed by atoms with Gasteiger partial charge in [-0.3, -0.25) is 9.59 Å². The highest BCUT2D eigenvalue weighted by atomic mass is 19.1. The monoisotopic (exact) mass is 478 g/mol. The van der Waals surface area contributed by atoms with E-state index in [-0.39, 0.29) is 24.0 Å². The van der Waals surface area contributed by atoms with Crippen LogP contribution in [0, 0.1) is 5.82 Å². The number of fused-ring (bicyclic) bond motifs is 2. The summed E-state index contributed by atoms with van der Waals surface area (Å²) in [6, 6.07) is 8.27. The Hall–Kier alpha value is -3.66. The van der Waals surface area contributed by atoms with Crippen LogP contribution in [0.2, 0.25) is 0 Å². The number of aromatic nitrogens is 4. The van der Waals surface area contributed by atoms with Gasteiger partial charge in [0.05, 0.1) is 5.56 Å². The van der Waals surface area contributed by atoms with Crippen LogP contribution in [0.4, 0.5) is 10.2 Å². The zero-order valence-electron chi connectivity index (χ0n) is 19.9. The predicted octanol–water partition coefficient (Wildman–Crippen LogP) is 2.89. The number of hydrogen-bond donors (Lipinski definition) is 2. The van der Waals surface area contributed by atoms with Gasteiger partial charge in [0, 0.05) is 25.6 Å². The molecule has 2 amide bonds. The molecule has 0 unspecified atom stereocenters. The van der Waals surface area contributed by atoms with Crippen LogP contribution >= 0.6 is 0 Å². The number of aryl methyl sites for hydroxylation is 1.